The van der Waals surface area contributed by atoms with Gasteiger partial charge in [0, 0.05) is 30.7 Å². The van der Waals surface area contributed by atoms with E-state index in [2.05, 4.69) is 12.1 Å². The average molecular weight is 469 g/mol. The first kappa shape index (κ1) is 23.6. The molecule has 0 aliphatic carbocycles. The number of hydrogen-bond donors (Lipinski definition) is 0. The van der Waals surface area contributed by atoms with E-state index in [9.17, 15) is 9.59 Å². The van der Waals surface area contributed by atoms with Gasteiger partial charge in [-0.05, 0) is 68.0 Å². The Morgan fingerprint density at radius 3 is 2.42 bits per heavy atom. The van der Waals surface area contributed by atoms with E-state index in [1.54, 1.807) is 24.3 Å². The van der Waals surface area contributed by atoms with Crippen molar-refractivity contribution >= 4 is 23.4 Å². The van der Waals surface area contributed by atoms with Crippen molar-refractivity contribution in [3.63, 3.8) is 0 Å². The van der Waals surface area contributed by atoms with Crippen LogP contribution in [0.4, 0.5) is 0 Å². The van der Waals surface area contributed by atoms with Crippen molar-refractivity contribution in [2.75, 3.05) is 33.3 Å². The lowest BCUT2D eigenvalue weighted by atomic mass is 9.73. The van der Waals surface area contributed by atoms with E-state index in [1.807, 2.05) is 29.0 Å². The molecule has 5 nitrogen and oxygen atoms in total. The van der Waals surface area contributed by atoms with Crippen LogP contribution in [0, 0.1) is 5.41 Å². The van der Waals surface area contributed by atoms with E-state index in [-0.39, 0.29) is 11.8 Å². The van der Waals surface area contributed by atoms with Crippen LogP contribution >= 0.6 is 11.6 Å². The summed E-state index contributed by atoms with van der Waals surface area (Å²) < 4.78 is 6.05. The summed E-state index contributed by atoms with van der Waals surface area (Å²) >= 11 is 5.97. The van der Waals surface area contributed by atoms with Crippen molar-refractivity contribution in [2.45, 2.75) is 44.9 Å². The number of rotatable bonds is 1. The number of para-hydroxylation sites is 1. The summed E-state index contributed by atoms with van der Waals surface area (Å²) in [5, 5.41) is 0.619. The van der Waals surface area contributed by atoms with Crippen molar-refractivity contribution in [1.82, 2.24) is 9.80 Å². The zero-order valence-electron chi connectivity index (χ0n) is 19.4. The minimum absolute atomic E-state index is 0.0122. The van der Waals surface area contributed by atoms with Gasteiger partial charge in [-0.15, -0.1) is 0 Å². The molecule has 2 amide bonds. The lowest BCUT2D eigenvalue weighted by Gasteiger charge is -2.42. The normalized spacial score (nSPS) is 19.6. The van der Waals surface area contributed by atoms with Gasteiger partial charge in [0.15, 0.2) is 0 Å². The topological polar surface area (TPSA) is 49.9 Å². The predicted octanol–water partition coefficient (Wildman–Crippen LogP) is 5.22. The molecule has 0 saturated carbocycles. The van der Waals surface area contributed by atoms with Gasteiger partial charge in [0.2, 0.25) is 5.91 Å². The molecule has 33 heavy (non-hydrogen) atoms. The number of halogens is 1. The SMILES string of the molecule is CN1CCOc2ccccc2CCCCCC2(CCN(C(=O)c3ccc(Cl)cc3)CC2)C1=O. The first-order valence-electron chi connectivity index (χ1n) is 12.0. The van der Waals surface area contributed by atoms with Crippen molar-refractivity contribution in [2.24, 2.45) is 5.41 Å². The first-order chi connectivity index (χ1) is 16.0. The Morgan fingerprint density at radius 1 is 0.939 bits per heavy atom. The van der Waals surface area contributed by atoms with Crippen LogP contribution in [0.25, 0.3) is 0 Å². The van der Waals surface area contributed by atoms with E-state index in [0.29, 0.717) is 49.7 Å². The molecule has 2 heterocycles. The lowest BCUT2D eigenvalue weighted by molar-refractivity contribution is -0.144. The van der Waals surface area contributed by atoms with Gasteiger partial charge in [-0.25, -0.2) is 0 Å². The van der Waals surface area contributed by atoms with Crippen molar-refractivity contribution < 1.29 is 14.3 Å². The van der Waals surface area contributed by atoms with Crippen molar-refractivity contribution in [3.05, 3.63) is 64.7 Å². The number of hydrogen-bond acceptors (Lipinski definition) is 3. The smallest absolute Gasteiger partial charge is 0.253 e. The molecule has 0 unspecified atom stereocenters. The minimum atomic E-state index is -0.396. The highest BCUT2D eigenvalue weighted by Gasteiger charge is 2.43. The van der Waals surface area contributed by atoms with E-state index >= 15 is 0 Å². The molecular formula is C27H33ClN2O3. The number of carbonyl (C=O) groups is 2. The lowest BCUT2D eigenvalue weighted by Crippen LogP contribution is -2.51. The highest BCUT2D eigenvalue weighted by molar-refractivity contribution is 6.30. The molecule has 2 aromatic carbocycles. The van der Waals surface area contributed by atoms with Crippen LogP contribution in [0.2, 0.25) is 5.02 Å². The predicted molar refractivity (Wildman–Crippen MR) is 131 cm³/mol. The molecule has 0 bridgehead atoms. The number of likely N-dealkylation sites (tertiary alicyclic amines) is 1. The Hall–Kier alpha value is -2.53. The first-order valence-corrected chi connectivity index (χ1v) is 12.4. The number of likely N-dealkylation sites (N-methyl/N-ethyl adjacent to an activating group) is 1. The second-order valence-electron chi connectivity index (χ2n) is 9.32. The van der Waals surface area contributed by atoms with E-state index < -0.39 is 5.41 Å². The number of nitrogens with zero attached hydrogens (tertiary/aromatic N) is 2. The molecule has 0 radical (unpaired) electrons. The molecule has 2 aromatic rings. The number of carbonyl (C=O) groups excluding carboxylic acids is 2. The van der Waals surface area contributed by atoms with E-state index in [1.165, 1.54) is 5.56 Å². The number of ether oxygens (including phenoxy) is 1. The molecule has 1 saturated heterocycles. The third-order valence-corrected chi connectivity index (χ3v) is 7.41. The van der Waals surface area contributed by atoms with Gasteiger partial charge in [-0.2, -0.15) is 0 Å². The monoisotopic (exact) mass is 468 g/mol. The van der Waals surface area contributed by atoms with Crippen LogP contribution in [0.15, 0.2) is 48.5 Å². The summed E-state index contributed by atoms with van der Waals surface area (Å²) in [6, 6.07) is 15.2. The Balaban J connectivity index is 1.44. The molecule has 176 valence electrons. The highest BCUT2D eigenvalue weighted by Crippen LogP contribution is 2.39. The number of aryl methyl sites for hydroxylation is 1. The molecular weight excluding hydrogens is 436 g/mol. The maximum atomic E-state index is 13.6. The van der Waals surface area contributed by atoms with E-state index in [0.717, 1.165) is 37.9 Å². The molecule has 0 atom stereocenters. The van der Waals surface area contributed by atoms with Gasteiger partial charge >= 0.3 is 0 Å². The summed E-state index contributed by atoms with van der Waals surface area (Å²) in [5.41, 5.74) is 1.49. The van der Waals surface area contributed by atoms with Crippen LogP contribution in [-0.4, -0.2) is 54.9 Å². The zero-order valence-corrected chi connectivity index (χ0v) is 20.2. The van der Waals surface area contributed by atoms with Crippen LogP contribution in [-0.2, 0) is 11.2 Å². The van der Waals surface area contributed by atoms with Gasteiger partial charge in [0.25, 0.3) is 5.91 Å². The molecule has 4 rings (SSSR count). The fraction of sp³-hybridized carbons (Fsp3) is 0.481. The summed E-state index contributed by atoms with van der Waals surface area (Å²) in [6.07, 6.45) is 6.47. The fourth-order valence-corrected chi connectivity index (χ4v) is 5.22. The zero-order chi connectivity index (χ0) is 23.3. The summed E-state index contributed by atoms with van der Waals surface area (Å²) in [5.74, 6) is 1.14. The molecule has 2 aliphatic rings. The largest absolute Gasteiger partial charge is 0.491 e. The number of amides is 2. The maximum absolute atomic E-state index is 13.6. The Morgan fingerprint density at radius 2 is 1.67 bits per heavy atom. The Bertz CT molecular complexity index is 968. The molecule has 1 spiro atoms. The van der Waals surface area contributed by atoms with Gasteiger partial charge in [0.1, 0.15) is 12.4 Å². The maximum Gasteiger partial charge on any atom is 0.253 e. The molecule has 1 fully saturated rings. The number of piperidine rings is 1. The second-order valence-corrected chi connectivity index (χ2v) is 9.76. The molecule has 6 heteroatoms. The van der Waals surface area contributed by atoms with Crippen LogP contribution in [0.3, 0.4) is 0 Å². The summed E-state index contributed by atoms with van der Waals surface area (Å²) in [6.45, 7) is 2.24. The van der Waals surface area contributed by atoms with Crippen molar-refractivity contribution in [3.8, 4) is 5.75 Å². The van der Waals surface area contributed by atoms with E-state index in [4.69, 9.17) is 16.3 Å². The van der Waals surface area contributed by atoms with Crippen LogP contribution in [0.1, 0.15) is 54.4 Å². The van der Waals surface area contributed by atoms with Crippen molar-refractivity contribution in [1.29, 1.82) is 0 Å². The Labute approximate surface area is 201 Å². The average Bonchev–Trinajstić information content (AvgIpc) is 2.85. The fourth-order valence-electron chi connectivity index (χ4n) is 5.09. The quantitative estimate of drug-likeness (QED) is 0.576. The molecule has 2 aliphatic heterocycles. The molecule has 0 aromatic heterocycles. The van der Waals surface area contributed by atoms with Crippen LogP contribution in [0.5, 0.6) is 5.75 Å². The number of benzene rings is 2. The third kappa shape index (κ3) is 5.52. The minimum Gasteiger partial charge on any atom is -0.491 e. The summed E-state index contributed by atoms with van der Waals surface area (Å²) in [4.78, 5) is 30.3. The van der Waals surface area contributed by atoms with Gasteiger partial charge < -0.3 is 14.5 Å². The van der Waals surface area contributed by atoms with Gasteiger partial charge in [-0.1, -0.05) is 42.6 Å². The second kappa shape index (κ2) is 10.6. The van der Waals surface area contributed by atoms with Crippen LogP contribution < -0.4 is 4.74 Å². The van der Waals surface area contributed by atoms with Gasteiger partial charge in [0.05, 0.1) is 12.0 Å². The summed E-state index contributed by atoms with van der Waals surface area (Å²) in [7, 11) is 1.88. The highest BCUT2D eigenvalue weighted by atomic mass is 35.5. The third-order valence-electron chi connectivity index (χ3n) is 7.16. The Kier molecular flexibility index (Phi) is 7.59. The van der Waals surface area contributed by atoms with Gasteiger partial charge in [-0.3, -0.25) is 9.59 Å². The standard InChI is InChI=1S/C27H33ClN2O3/c1-29-19-20-33-24-9-5-4-8-21(24)7-3-2-6-14-27(26(29)32)15-17-30(18-16-27)25(31)22-10-12-23(28)13-11-22/h4-5,8-13H,2-3,6-7,14-20H2,1H3. The number of fused-ring (bicyclic) bond motifs is 1. The molecule has 0 N–H and O–H groups in total.